The van der Waals surface area contributed by atoms with Gasteiger partial charge in [-0.2, -0.15) is 0 Å². The van der Waals surface area contributed by atoms with Crippen molar-refractivity contribution in [3.05, 3.63) is 101 Å². The summed E-state index contributed by atoms with van der Waals surface area (Å²) in [6.45, 7) is 12.2. The number of hydrogen-bond acceptors (Lipinski definition) is 5. The summed E-state index contributed by atoms with van der Waals surface area (Å²) in [7, 11) is 0. The van der Waals surface area contributed by atoms with Crippen molar-refractivity contribution in [1.29, 1.82) is 0 Å². The van der Waals surface area contributed by atoms with E-state index in [9.17, 15) is 0 Å². The topological polar surface area (TPSA) is 36.9 Å². The highest BCUT2D eigenvalue weighted by atomic mass is 32.2. The molecule has 0 aliphatic carbocycles. The maximum Gasteiger partial charge on any atom is 0.184 e. The molecule has 37 heavy (non-hydrogen) atoms. The summed E-state index contributed by atoms with van der Waals surface area (Å²) in [5, 5.41) is 0. The average molecular weight is 519 g/mol. The molecule has 0 saturated carbocycles. The van der Waals surface area contributed by atoms with Crippen LogP contribution in [0.15, 0.2) is 83.8 Å². The van der Waals surface area contributed by atoms with E-state index in [-0.39, 0.29) is 35.1 Å². The van der Waals surface area contributed by atoms with Crippen LogP contribution in [-0.4, -0.2) is 30.4 Å². The van der Waals surface area contributed by atoms with Gasteiger partial charge >= 0.3 is 0 Å². The molecule has 3 aromatic rings. The lowest BCUT2D eigenvalue weighted by Gasteiger charge is -2.48. The Labute approximate surface area is 225 Å². The van der Waals surface area contributed by atoms with Crippen LogP contribution >= 0.6 is 11.8 Å². The lowest BCUT2D eigenvalue weighted by Crippen LogP contribution is -2.57. The molecule has 2 heterocycles. The molecule has 0 N–H and O–H groups in total. The molecule has 3 unspecified atom stereocenters. The third-order valence-electron chi connectivity index (χ3n) is 7.33. The smallest absolute Gasteiger partial charge is 0.184 e. The van der Waals surface area contributed by atoms with Crippen molar-refractivity contribution in [3.8, 4) is 0 Å². The SMILES string of the molecule is Cc1ccc(C(C)(C)C)cc1S[C@H]1OC2COC(c3ccccc3)O[C@H]2[C@H](C)C1OCc1ccccc1. The van der Waals surface area contributed by atoms with Crippen molar-refractivity contribution in [1.82, 2.24) is 0 Å². The first-order valence-electron chi connectivity index (χ1n) is 13.2. The largest absolute Gasteiger partial charge is 0.370 e. The van der Waals surface area contributed by atoms with Gasteiger partial charge in [-0.1, -0.05) is 112 Å². The fraction of sp³-hybridized carbons (Fsp3) is 0.438. The predicted molar refractivity (Wildman–Crippen MR) is 149 cm³/mol. The number of hydrogen-bond donors (Lipinski definition) is 0. The molecule has 0 radical (unpaired) electrons. The maximum atomic E-state index is 6.72. The first-order chi connectivity index (χ1) is 17.8. The van der Waals surface area contributed by atoms with Crippen molar-refractivity contribution < 1.29 is 18.9 Å². The molecule has 0 aromatic heterocycles. The molecule has 5 rings (SSSR count). The first-order valence-corrected chi connectivity index (χ1v) is 14.1. The second-order valence-corrected chi connectivity index (χ2v) is 12.3. The summed E-state index contributed by atoms with van der Waals surface area (Å²) in [6, 6.07) is 27.2. The van der Waals surface area contributed by atoms with Gasteiger partial charge in [0.15, 0.2) is 6.29 Å². The summed E-state index contributed by atoms with van der Waals surface area (Å²) < 4.78 is 26.0. The van der Waals surface area contributed by atoms with E-state index in [0.717, 1.165) is 11.1 Å². The summed E-state index contributed by atoms with van der Waals surface area (Å²) in [5.74, 6) is 0.126. The van der Waals surface area contributed by atoms with Crippen LogP contribution in [0.4, 0.5) is 0 Å². The Morgan fingerprint density at radius 1 is 0.919 bits per heavy atom. The normalized spacial score (nSPS) is 28.0. The zero-order valence-corrected chi connectivity index (χ0v) is 23.2. The highest BCUT2D eigenvalue weighted by Gasteiger charge is 2.49. The van der Waals surface area contributed by atoms with Gasteiger partial charge in [0, 0.05) is 16.4 Å². The zero-order valence-electron chi connectivity index (χ0n) is 22.4. The Bertz CT molecular complexity index is 1160. The highest BCUT2D eigenvalue weighted by Crippen LogP contribution is 2.43. The molecular weight excluding hydrogens is 480 g/mol. The first kappa shape index (κ1) is 26.5. The van der Waals surface area contributed by atoms with Gasteiger partial charge < -0.3 is 18.9 Å². The number of fused-ring (bicyclic) bond motifs is 1. The van der Waals surface area contributed by atoms with Crippen molar-refractivity contribution >= 4 is 11.8 Å². The van der Waals surface area contributed by atoms with Crippen LogP contribution in [-0.2, 0) is 31.0 Å². The Balaban J connectivity index is 1.39. The lowest BCUT2D eigenvalue weighted by atomic mass is 9.87. The van der Waals surface area contributed by atoms with Gasteiger partial charge in [-0.25, -0.2) is 0 Å². The minimum absolute atomic E-state index is 0.0789. The minimum Gasteiger partial charge on any atom is -0.370 e. The monoisotopic (exact) mass is 518 g/mol. The van der Waals surface area contributed by atoms with Gasteiger partial charge in [0.2, 0.25) is 0 Å². The Hall–Kier alpha value is -2.15. The van der Waals surface area contributed by atoms with Gasteiger partial charge in [-0.3, -0.25) is 0 Å². The van der Waals surface area contributed by atoms with Gasteiger partial charge in [0.1, 0.15) is 11.5 Å². The third-order valence-corrected chi connectivity index (χ3v) is 8.63. The molecule has 0 bridgehead atoms. The van der Waals surface area contributed by atoms with Crippen LogP contribution < -0.4 is 0 Å². The van der Waals surface area contributed by atoms with Crippen LogP contribution in [0.2, 0.25) is 0 Å². The summed E-state index contributed by atoms with van der Waals surface area (Å²) in [6.07, 6.45) is -0.786. The molecule has 2 aliphatic heterocycles. The molecule has 3 aromatic carbocycles. The van der Waals surface area contributed by atoms with Crippen LogP contribution in [0.25, 0.3) is 0 Å². The van der Waals surface area contributed by atoms with Crippen LogP contribution in [0.1, 0.15) is 56.2 Å². The molecule has 196 valence electrons. The molecule has 2 fully saturated rings. The van der Waals surface area contributed by atoms with E-state index in [0.29, 0.717) is 13.2 Å². The Morgan fingerprint density at radius 2 is 1.62 bits per heavy atom. The maximum absolute atomic E-state index is 6.72. The fourth-order valence-corrected chi connectivity index (χ4v) is 6.36. The standard InChI is InChI=1S/C32H38O4S/c1-21-16-17-25(32(3,4)5)18-27(21)37-31-29(33-19-23-12-8-6-9-13-23)22(2)28-26(35-31)20-34-30(36-28)24-14-10-7-11-15-24/h6-18,22,26,28-31H,19-20H2,1-5H3/t22-,26?,28-,29?,30?,31+/m0/s1. The van der Waals surface area contributed by atoms with Crippen molar-refractivity contribution in [2.75, 3.05) is 6.61 Å². The molecule has 6 atom stereocenters. The molecule has 0 amide bonds. The van der Waals surface area contributed by atoms with E-state index >= 15 is 0 Å². The second kappa shape index (κ2) is 11.3. The average Bonchev–Trinajstić information content (AvgIpc) is 2.90. The molecule has 5 heteroatoms. The Kier molecular flexibility index (Phi) is 8.08. The Morgan fingerprint density at radius 3 is 2.32 bits per heavy atom. The number of aryl methyl sites for hydroxylation is 1. The summed E-state index contributed by atoms with van der Waals surface area (Å²) in [5.41, 5.74) is 4.66. The van der Waals surface area contributed by atoms with Crippen molar-refractivity contribution in [2.24, 2.45) is 5.92 Å². The van der Waals surface area contributed by atoms with E-state index in [2.05, 4.69) is 77.1 Å². The summed E-state index contributed by atoms with van der Waals surface area (Å²) >= 11 is 1.76. The highest BCUT2D eigenvalue weighted by molar-refractivity contribution is 7.99. The number of benzene rings is 3. The minimum atomic E-state index is -0.391. The van der Waals surface area contributed by atoms with Crippen molar-refractivity contribution in [3.63, 3.8) is 0 Å². The summed E-state index contributed by atoms with van der Waals surface area (Å²) in [4.78, 5) is 1.23. The predicted octanol–water partition coefficient (Wildman–Crippen LogP) is 7.45. The number of ether oxygens (including phenoxy) is 4. The van der Waals surface area contributed by atoms with Crippen LogP contribution in [0.3, 0.4) is 0 Å². The van der Waals surface area contributed by atoms with E-state index in [1.165, 1.54) is 16.0 Å². The van der Waals surface area contributed by atoms with Gasteiger partial charge in [0.25, 0.3) is 0 Å². The number of thioether (sulfide) groups is 1. The second-order valence-electron chi connectivity index (χ2n) is 11.2. The quantitative estimate of drug-likeness (QED) is 0.339. The van der Waals surface area contributed by atoms with E-state index in [1.807, 2.05) is 36.4 Å². The molecule has 2 aliphatic rings. The van der Waals surface area contributed by atoms with Crippen molar-refractivity contribution in [2.45, 2.75) is 81.6 Å². The van der Waals surface area contributed by atoms with Gasteiger partial charge in [-0.05, 0) is 35.1 Å². The third kappa shape index (κ3) is 6.13. The van der Waals surface area contributed by atoms with Gasteiger partial charge in [-0.15, -0.1) is 0 Å². The molecule has 4 nitrogen and oxygen atoms in total. The van der Waals surface area contributed by atoms with E-state index in [1.54, 1.807) is 11.8 Å². The lowest BCUT2D eigenvalue weighted by molar-refractivity contribution is -0.311. The van der Waals surface area contributed by atoms with Crippen LogP contribution in [0, 0.1) is 12.8 Å². The van der Waals surface area contributed by atoms with Crippen LogP contribution in [0.5, 0.6) is 0 Å². The van der Waals surface area contributed by atoms with E-state index in [4.69, 9.17) is 18.9 Å². The molecule has 0 spiro atoms. The zero-order chi connectivity index (χ0) is 26.0. The molecule has 2 saturated heterocycles. The van der Waals surface area contributed by atoms with Gasteiger partial charge in [0.05, 0.1) is 25.4 Å². The van der Waals surface area contributed by atoms with E-state index < -0.39 is 6.29 Å². The fourth-order valence-electron chi connectivity index (χ4n) is 5.01. The number of rotatable bonds is 6. The molecular formula is C32H38O4S.